The molecule has 1 atom stereocenters. The SMILES string of the molecule is O=C(N[C@@H](C(=O)N1CCCC1)C1CCN(C(=O)c2ccccc2F)CC1)c1ccccc1. The summed E-state index contributed by atoms with van der Waals surface area (Å²) < 4.78 is 14.0. The number of hydrogen-bond donors (Lipinski definition) is 1. The van der Waals surface area contributed by atoms with Gasteiger partial charge in [-0.05, 0) is 55.9 Å². The van der Waals surface area contributed by atoms with Crippen molar-refractivity contribution in [1.29, 1.82) is 0 Å². The molecule has 2 aromatic rings. The van der Waals surface area contributed by atoms with Crippen LogP contribution in [-0.2, 0) is 4.79 Å². The fraction of sp³-hybridized carbons (Fsp3) is 0.400. The van der Waals surface area contributed by atoms with Crippen LogP contribution in [0, 0.1) is 11.7 Å². The lowest BCUT2D eigenvalue weighted by Gasteiger charge is -2.37. The highest BCUT2D eigenvalue weighted by Crippen LogP contribution is 2.25. The zero-order valence-corrected chi connectivity index (χ0v) is 18.0. The quantitative estimate of drug-likeness (QED) is 0.782. The van der Waals surface area contributed by atoms with Gasteiger partial charge in [0.25, 0.3) is 11.8 Å². The van der Waals surface area contributed by atoms with E-state index in [2.05, 4.69) is 5.32 Å². The van der Waals surface area contributed by atoms with E-state index < -0.39 is 11.9 Å². The number of benzene rings is 2. The largest absolute Gasteiger partial charge is 0.341 e. The van der Waals surface area contributed by atoms with Gasteiger partial charge in [0.05, 0.1) is 5.56 Å². The molecule has 0 radical (unpaired) electrons. The second-order valence-electron chi connectivity index (χ2n) is 8.46. The molecule has 2 aliphatic rings. The number of nitrogens with one attached hydrogen (secondary N) is 1. The van der Waals surface area contributed by atoms with Gasteiger partial charge in [0.15, 0.2) is 0 Å². The van der Waals surface area contributed by atoms with Crippen molar-refractivity contribution in [2.45, 2.75) is 31.7 Å². The van der Waals surface area contributed by atoms with Crippen LogP contribution in [0.2, 0.25) is 0 Å². The van der Waals surface area contributed by atoms with Gasteiger partial charge in [-0.2, -0.15) is 0 Å². The van der Waals surface area contributed by atoms with E-state index in [0.29, 0.717) is 44.6 Å². The van der Waals surface area contributed by atoms with Crippen molar-refractivity contribution in [1.82, 2.24) is 15.1 Å². The maximum atomic E-state index is 14.0. The van der Waals surface area contributed by atoms with E-state index >= 15 is 0 Å². The monoisotopic (exact) mass is 437 g/mol. The fourth-order valence-corrected chi connectivity index (χ4v) is 4.57. The van der Waals surface area contributed by atoms with Gasteiger partial charge >= 0.3 is 0 Å². The third kappa shape index (κ3) is 4.82. The minimum Gasteiger partial charge on any atom is -0.341 e. The first-order valence-corrected chi connectivity index (χ1v) is 11.2. The maximum absolute atomic E-state index is 14.0. The topological polar surface area (TPSA) is 69.7 Å². The standard InChI is InChI=1S/C25H28FN3O3/c26-21-11-5-4-10-20(21)24(31)29-16-12-18(13-17-29)22(25(32)28-14-6-7-15-28)27-23(30)19-8-2-1-3-9-19/h1-5,8-11,18,22H,6-7,12-17H2,(H,27,30)/t22-/m1/s1. The lowest BCUT2D eigenvalue weighted by atomic mass is 9.88. The van der Waals surface area contributed by atoms with Gasteiger partial charge in [0.1, 0.15) is 11.9 Å². The van der Waals surface area contributed by atoms with Gasteiger partial charge < -0.3 is 15.1 Å². The summed E-state index contributed by atoms with van der Waals surface area (Å²) in [6.45, 7) is 2.26. The van der Waals surface area contributed by atoms with Crippen LogP contribution in [0.4, 0.5) is 4.39 Å². The normalized spacial score (nSPS) is 17.8. The Morgan fingerprint density at radius 2 is 1.47 bits per heavy atom. The van der Waals surface area contributed by atoms with Crippen molar-refractivity contribution in [3.8, 4) is 0 Å². The van der Waals surface area contributed by atoms with Crippen molar-refractivity contribution in [3.63, 3.8) is 0 Å². The zero-order chi connectivity index (χ0) is 22.5. The number of nitrogens with zero attached hydrogens (tertiary/aromatic N) is 2. The van der Waals surface area contributed by atoms with Crippen LogP contribution in [0.5, 0.6) is 0 Å². The summed E-state index contributed by atoms with van der Waals surface area (Å²) in [6.07, 6.45) is 3.08. The molecule has 2 aliphatic heterocycles. The number of halogens is 1. The molecule has 0 aliphatic carbocycles. The van der Waals surface area contributed by atoms with E-state index in [4.69, 9.17) is 0 Å². The van der Waals surface area contributed by atoms with Gasteiger partial charge in [-0.1, -0.05) is 30.3 Å². The maximum Gasteiger partial charge on any atom is 0.256 e. The Bertz CT molecular complexity index is 967. The molecule has 2 saturated heterocycles. The Morgan fingerprint density at radius 3 is 2.12 bits per heavy atom. The third-order valence-corrected chi connectivity index (χ3v) is 6.41. The van der Waals surface area contributed by atoms with Crippen LogP contribution in [0.3, 0.4) is 0 Å². The van der Waals surface area contributed by atoms with Crippen molar-refractivity contribution >= 4 is 17.7 Å². The molecule has 168 valence electrons. The summed E-state index contributed by atoms with van der Waals surface area (Å²) in [5.41, 5.74) is 0.576. The molecule has 0 spiro atoms. The molecule has 4 rings (SSSR count). The van der Waals surface area contributed by atoms with E-state index in [1.807, 2.05) is 11.0 Å². The minimum absolute atomic E-state index is 0.0503. The van der Waals surface area contributed by atoms with Gasteiger partial charge in [0.2, 0.25) is 5.91 Å². The average Bonchev–Trinajstić information content (AvgIpc) is 3.38. The van der Waals surface area contributed by atoms with Gasteiger partial charge in [-0.3, -0.25) is 14.4 Å². The number of rotatable bonds is 5. The van der Waals surface area contributed by atoms with Crippen molar-refractivity contribution in [3.05, 3.63) is 71.5 Å². The Labute approximate surface area is 187 Å². The lowest BCUT2D eigenvalue weighted by molar-refractivity contribution is -0.134. The van der Waals surface area contributed by atoms with E-state index in [1.54, 1.807) is 41.3 Å². The first-order chi connectivity index (χ1) is 15.5. The Kier molecular flexibility index (Phi) is 6.83. The number of carbonyl (C=O) groups is 3. The number of likely N-dealkylation sites (tertiary alicyclic amines) is 2. The summed E-state index contributed by atoms with van der Waals surface area (Å²) in [7, 11) is 0. The fourth-order valence-electron chi connectivity index (χ4n) is 4.57. The summed E-state index contributed by atoms with van der Waals surface area (Å²) in [5.74, 6) is -1.27. The Balaban J connectivity index is 1.46. The molecule has 3 amide bonds. The molecule has 32 heavy (non-hydrogen) atoms. The molecule has 7 heteroatoms. The van der Waals surface area contributed by atoms with Crippen molar-refractivity contribution < 1.29 is 18.8 Å². The lowest BCUT2D eigenvalue weighted by Crippen LogP contribution is -2.54. The highest BCUT2D eigenvalue weighted by molar-refractivity contribution is 5.98. The molecule has 0 unspecified atom stereocenters. The van der Waals surface area contributed by atoms with Crippen molar-refractivity contribution in [2.24, 2.45) is 5.92 Å². The van der Waals surface area contributed by atoms with Gasteiger partial charge in [-0.25, -0.2) is 4.39 Å². The van der Waals surface area contributed by atoms with E-state index in [0.717, 1.165) is 12.8 Å². The van der Waals surface area contributed by atoms with E-state index in [1.165, 1.54) is 12.1 Å². The molecular formula is C25H28FN3O3. The highest BCUT2D eigenvalue weighted by atomic mass is 19.1. The van der Waals surface area contributed by atoms with Crippen LogP contribution >= 0.6 is 0 Å². The van der Waals surface area contributed by atoms with Crippen LogP contribution in [0.15, 0.2) is 54.6 Å². The van der Waals surface area contributed by atoms with Gasteiger partial charge in [0, 0.05) is 31.7 Å². The molecule has 6 nitrogen and oxygen atoms in total. The molecule has 2 aromatic carbocycles. The minimum atomic E-state index is -0.633. The van der Waals surface area contributed by atoms with Gasteiger partial charge in [-0.15, -0.1) is 0 Å². The number of amides is 3. The molecule has 0 aromatic heterocycles. The summed E-state index contributed by atoms with van der Waals surface area (Å²) in [5, 5.41) is 2.97. The average molecular weight is 438 g/mol. The van der Waals surface area contributed by atoms with Crippen LogP contribution in [0.1, 0.15) is 46.4 Å². The van der Waals surface area contributed by atoms with E-state index in [-0.39, 0.29) is 29.2 Å². The van der Waals surface area contributed by atoms with E-state index in [9.17, 15) is 18.8 Å². The summed E-state index contributed by atoms with van der Waals surface area (Å²) in [4.78, 5) is 42.3. The second-order valence-corrected chi connectivity index (χ2v) is 8.46. The number of hydrogen-bond acceptors (Lipinski definition) is 3. The molecule has 0 saturated carbocycles. The smallest absolute Gasteiger partial charge is 0.256 e. The first-order valence-electron chi connectivity index (χ1n) is 11.2. The molecule has 1 N–H and O–H groups in total. The zero-order valence-electron chi connectivity index (χ0n) is 18.0. The molecule has 2 fully saturated rings. The summed E-state index contributed by atoms with van der Waals surface area (Å²) >= 11 is 0. The predicted molar refractivity (Wildman–Crippen MR) is 119 cm³/mol. The van der Waals surface area contributed by atoms with Crippen LogP contribution in [-0.4, -0.2) is 59.7 Å². The highest BCUT2D eigenvalue weighted by Gasteiger charge is 2.37. The van der Waals surface area contributed by atoms with Crippen molar-refractivity contribution in [2.75, 3.05) is 26.2 Å². The van der Waals surface area contributed by atoms with Crippen LogP contribution in [0.25, 0.3) is 0 Å². The number of carbonyl (C=O) groups excluding carboxylic acids is 3. The Hall–Kier alpha value is -3.22. The Morgan fingerprint density at radius 1 is 0.844 bits per heavy atom. The first kappa shape index (κ1) is 22.0. The molecule has 2 heterocycles. The second kappa shape index (κ2) is 9.94. The molecule has 0 bridgehead atoms. The third-order valence-electron chi connectivity index (χ3n) is 6.41. The number of piperidine rings is 1. The predicted octanol–water partition coefficient (Wildman–Crippen LogP) is 3.10. The van der Waals surface area contributed by atoms with Crippen LogP contribution < -0.4 is 5.32 Å². The summed E-state index contributed by atoms with van der Waals surface area (Å²) in [6, 6.07) is 14.2. The molecular weight excluding hydrogens is 409 g/mol.